The SMILES string of the molecule is CCOc1cc(/C=C(\C#N)c2ccc(C)cc2)cc(Cl)c1Oc1ccc(C(F)(F)F)cc1[N+](=O)[O-]. The molecule has 0 aliphatic heterocycles. The van der Waals surface area contributed by atoms with Gasteiger partial charge in [0.2, 0.25) is 5.75 Å². The van der Waals surface area contributed by atoms with Gasteiger partial charge in [-0.25, -0.2) is 0 Å². The number of nitriles is 1. The van der Waals surface area contributed by atoms with Crippen LogP contribution in [0, 0.1) is 28.4 Å². The van der Waals surface area contributed by atoms with Gasteiger partial charge >= 0.3 is 11.9 Å². The van der Waals surface area contributed by atoms with Crippen molar-refractivity contribution in [3.63, 3.8) is 0 Å². The lowest BCUT2D eigenvalue weighted by Gasteiger charge is -2.15. The summed E-state index contributed by atoms with van der Waals surface area (Å²) in [5.41, 5.74) is 0.502. The van der Waals surface area contributed by atoms with Gasteiger partial charge in [0.15, 0.2) is 11.5 Å². The molecule has 0 atom stereocenters. The van der Waals surface area contributed by atoms with Crippen molar-refractivity contribution < 1.29 is 27.6 Å². The van der Waals surface area contributed by atoms with Crippen molar-refractivity contribution in [2.45, 2.75) is 20.0 Å². The maximum Gasteiger partial charge on any atom is 0.416 e. The Morgan fingerprint density at radius 2 is 1.83 bits per heavy atom. The molecule has 3 aromatic rings. The lowest BCUT2D eigenvalue weighted by molar-refractivity contribution is -0.385. The molecule has 0 saturated carbocycles. The number of alkyl halides is 3. The molecular weight excluding hydrogens is 485 g/mol. The van der Waals surface area contributed by atoms with Crippen molar-refractivity contribution in [1.82, 2.24) is 0 Å². The van der Waals surface area contributed by atoms with Gasteiger partial charge in [-0.3, -0.25) is 10.1 Å². The van der Waals surface area contributed by atoms with Gasteiger partial charge in [-0.1, -0.05) is 41.4 Å². The molecule has 0 aliphatic carbocycles. The fourth-order valence-electron chi connectivity index (χ4n) is 3.15. The van der Waals surface area contributed by atoms with E-state index in [-0.39, 0.29) is 23.1 Å². The minimum atomic E-state index is -4.76. The average molecular weight is 503 g/mol. The van der Waals surface area contributed by atoms with E-state index >= 15 is 0 Å². The highest BCUT2D eigenvalue weighted by atomic mass is 35.5. The van der Waals surface area contributed by atoms with Crippen molar-refractivity contribution >= 4 is 28.9 Å². The Morgan fingerprint density at radius 3 is 2.40 bits per heavy atom. The number of ether oxygens (including phenoxy) is 2. The number of rotatable bonds is 7. The number of allylic oxidation sites excluding steroid dienone is 1. The molecule has 180 valence electrons. The zero-order valence-corrected chi connectivity index (χ0v) is 19.3. The Bertz CT molecular complexity index is 1330. The van der Waals surface area contributed by atoms with Crippen LogP contribution >= 0.6 is 11.6 Å². The van der Waals surface area contributed by atoms with Gasteiger partial charge in [0.1, 0.15) is 0 Å². The van der Waals surface area contributed by atoms with Crippen LogP contribution in [0.4, 0.5) is 18.9 Å². The highest BCUT2D eigenvalue weighted by Crippen LogP contribution is 2.44. The van der Waals surface area contributed by atoms with Gasteiger partial charge in [-0.15, -0.1) is 0 Å². The maximum absolute atomic E-state index is 13.0. The van der Waals surface area contributed by atoms with E-state index < -0.39 is 28.1 Å². The molecule has 3 aromatic carbocycles. The summed E-state index contributed by atoms with van der Waals surface area (Å²) < 4.78 is 50.2. The van der Waals surface area contributed by atoms with Crippen molar-refractivity contribution in [2.24, 2.45) is 0 Å². The first-order valence-electron chi connectivity index (χ1n) is 10.2. The van der Waals surface area contributed by atoms with Crippen LogP contribution in [0.1, 0.15) is 29.2 Å². The average Bonchev–Trinajstić information content (AvgIpc) is 2.80. The summed E-state index contributed by atoms with van der Waals surface area (Å²) >= 11 is 6.38. The third-order valence-corrected chi connectivity index (χ3v) is 5.10. The van der Waals surface area contributed by atoms with E-state index in [2.05, 4.69) is 6.07 Å². The van der Waals surface area contributed by atoms with Gasteiger partial charge in [0.05, 0.1) is 33.8 Å². The Hall–Kier alpha value is -4.03. The summed E-state index contributed by atoms with van der Waals surface area (Å²) in [4.78, 5) is 10.4. The topological polar surface area (TPSA) is 85.4 Å². The highest BCUT2D eigenvalue weighted by Gasteiger charge is 2.33. The highest BCUT2D eigenvalue weighted by molar-refractivity contribution is 6.32. The first kappa shape index (κ1) is 25.6. The fourth-order valence-corrected chi connectivity index (χ4v) is 3.40. The van der Waals surface area contributed by atoms with E-state index in [9.17, 15) is 28.5 Å². The number of benzene rings is 3. The number of nitro groups is 1. The van der Waals surface area contributed by atoms with Crippen LogP contribution in [0.15, 0.2) is 54.6 Å². The van der Waals surface area contributed by atoms with Crippen LogP contribution < -0.4 is 9.47 Å². The van der Waals surface area contributed by atoms with Crippen LogP contribution in [0.2, 0.25) is 5.02 Å². The molecule has 0 N–H and O–H groups in total. The molecule has 0 fully saturated rings. The van der Waals surface area contributed by atoms with E-state index in [0.29, 0.717) is 28.8 Å². The number of hydrogen-bond donors (Lipinski definition) is 0. The van der Waals surface area contributed by atoms with Crippen LogP contribution in [0.5, 0.6) is 17.2 Å². The first-order valence-corrected chi connectivity index (χ1v) is 10.6. The van der Waals surface area contributed by atoms with Gasteiger partial charge in [-0.05, 0) is 55.3 Å². The predicted octanol–water partition coefficient (Wildman–Crippen LogP) is 7.83. The second-order valence-electron chi connectivity index (χ2n) is 7.34. The van der Waals surface area contributed by atoms with E-state index in [1.54, 1.807) is 25.1 Å². The van der Waals surface area contributed by atoms with Crippen molar-refractivity contribution in [2.75, 3.05) is 6.61 Å². The molecule has 3 rings (SSSR count). The summed E-state index contributed by atoms with van der Waals surface area (Å²) in [5.74, 6) is -0.449. The smallest absolute Gasteiger partial charge is 0.416 e. The molecule has 0 unspecified atom stereocenters. The summed E-state index contributed by atoms with van der Waals surface area (Å²) in [7, 11) is 0. The molecule has 35 heavy (non-hydrogen) atoms. The Balaban J connectivity index is 2.06. The Kier molecular flexibility index (Phi) is 7.67. The maximum atomic E-state index is 13.0. The molecule has 0 saturated heterocycles. The number of nitro benzene ring substituents is 1. The van der Waals surface area contributed by atoms with Gasteiger partial charge in [0.25, 0.3) is 0 Å². The lowest BCUT2D eigenvalue weighted by Crippen LogP contribution is -2.06. The minimum Gasteiger partial charge on any atom is -0.490 e. The molecule has 0 aromatic heterocycles. The number of aryl methyl sites for hydroxylation is 1. The third-order valence-electron chi connectivity index (χ3n) is 4.82. The van der Waals surface area contributed by atoms with Crippen molar-refractivity contribution in [1.29, 1.82) is 5.26 Å². The summed E-state index contributed by atoms with van der Waals surface area (Å²) in [6.07, 6.45) is -3.18. The second-order valence-corrected chi connectivity index (χ2v) is 7.75. The molecule has 0 heterocycles. The molecule has 0 bridgehead atoms. The Morgan fingerprint density at radius 1 is 1.14 bits per heavy atom. The zero-order chi connectivity index (χ0) is 25.8. The standard InChI is InChI=1S/C25H18ClF3N2O4/c1-3-34-23-12-16(10-18(14-30)17-6-4-15(2)5-7-17)11-20(26)24(23)35-22-9-8-19(25(27,28)29)13-21(22)31(32)33/h4-13H,3H2,1-2H3/b18-10+. The monoisotopic (exact) mass is 502 g/mol. The number of hydrogen-bond acceptors (Lipinski definition) is 5. The number of nitrogens with zero attached hydrogens (tertiary/aromatic N) is 2. The zero-order valence-electron chi connectivity index (χ0n) is 18.5. The largest absolute Gasteiger partial charge is 0.490 e. The second kappa shape index (κ2) is 10.5. The lowest BCUT2D eigenvalue weighted by atomic mass is 10.0. The van der Waals surface area contributed by atoms with E-state index in [1.165, 1.54) is 12.1 Å². The number of halogens is 4. The molecule has 0 aliphatic rings. The quantitative estimate of drug-likeness (QED) is 0.142. The van der Waals surface area contributed by atoms with E-state index in [1.807, 2.05) is 19.1 Å². The van der Waals surface area contributed by atoms with Crippen LogP contribution in [0.25, 0.3) is 11.6 Å². The van der Waals surface area contributed by atoms with Crippen LogP contribution in [-0.2, 0) is 6.18 Å². The fraction of sp³-hybridized carbons (Fsp3) is 0.160. The molecule has 6 nitrogen and oxygen atoms in total. The van der Waals surface area contributed by atoms with Gasteiger partial charge < -0.3 is 9.47 Å². The third kappa shape index (κ3) is 6.11. The normalized spacial score (nSPS) is 11.6. The van der Waals surface area contributed by atoms with Crippen molar-refractivity contribution in [3.8, 4) is 23.3 Å². The molecule has 0 amide bonds. The molecule has 10 heteroatoms. The van der Waals surface area contributed by atoms with E-state index in [4.69, 9.17) is 21.1 Å². The van der Waals surface area contributed by atoms with Gasteiger partial charge in [0, 0.05) is 6.07 Å². The van der Waals surface area contributed by atoms with Crippen LogP contribution in [-0.4, -0.2) is 11.5 Å². The predicted molar refractivity (Wildman–Crippen MR) is 125 cm³/mol. The minimum absolute atomic E-state index is 0.0161. The first-order chi connectivity index (χ1) is 16.5. The molecule has 0 spiro atoms. The molecule has 0 radical (unpaired) electrons. The van der Waals surface area contributed by atoms with Gasteiger partial charge in [-0.2, -0.15) is 18.4 Å². The summed E-state index contributed by atoms with van der Waals surface area (Å²) in [6.45, 7) is 3.79. The summed E-state index contributed by atoms with van der Waals surface area (Å²) in [6, 6.07) is 14.4. The van der Waals surface area contributed by atoms with E-state index in [0.717, 1.165) is 11.6 Å². The Labute approximate surface area is 203 Å². The van der Waals surface area contributed by atoms with Crippen LogP contribution in [0.3, 0.4) is 0 Å². The summed E-state index contributed by atoms with van der Waals surface area (Å²) in [5, 5.41) is 21.0. The molecular formula is C25H18ClF3N2O4. The van der Waals surface area contributed by atoms with Crippen molar-refractivity contribution in [3.05, 3.63) is 92.0 Å².